The molecule has 0 aliphatic carbocycles. The minimum absolute atomic E-state index is 0. The normalized spacial score (nSPS) is 3.89. The first-order valence-electron chi connectivity index (χ1n) is 0.500. The second-order valence-corrected chi connectivity index (χ2v) is 0.612. The van der Waals surface area contributed by atoms with E-state index in [4.69, 9.17) is 13.3 Å². The van der Waals surface area contributed by atoms with Gasteiger partial charge in [-0.1, -0.05) is 0 Å². The number of hydrogen-bond acceptors (Lipinski definition) is 3. The molecule has 5 nitrogen and oxygen atoms in total. The molecule has 4 N–H and O–H groups in total. The van der Waals surface area contributed by atoms with E-state index in [-0.39, 0.29) is 101 Å². The summed E-state index contributed by atoms with van der Waals surface area (Å²) in [7, 11) is 0. The Kier molecular flexibility index (Phi) is 137. The monoisotopic (exact) mass is 186 g/mol. The molecule has 0 aromatic heterocycles. The van der Waals surface area contributed by atoms with Gasteiger partial charge >= 0.3 is 88.7 Å². The zero-order valence-electron chi connectivity index (χ0n) is 6.63. The third-order valence-electron chi connectivity index (χ3n) is 0. The van der Waals surface area contributed by atoms with Crippen LogP contribution >= 0.6 is 0 Å². The van der Waals surface area contributed by atoms with Crippen molar-refractivity contribution in [3.05, 3.63) is 0 Å². The molecule has 0 unspecified atom stereocenters. The van der Waals surface area contributed by atoms with Crippen LogP contribution in [0.25, 0.3) is 0 Å². The van der Waals surface area contributed by atoms with Gasteiger partial charge in [0.25, 0.3) is 0 Å². The van der Waals surface area contributed by atoms with Crippen molar-refractivity contribution in [2.75, 3.05) is 0 Å². The van der Waals surface area contributed by atoms with Crippen LogP contribution in [0.15, 0.2) is 0 Å². The van der Waals surface area contributed by atoms with Crippen molar-refractivity contribution >= 4 is 11.4 Å². The molecule has 44 valence electrons. The van der Waals surface area contributed by atoms with E-state index in [1.165, 1.54) is 0 Å². The SMILES string of the molecule is O.O.O=S([O-])[O-].[H-].[Na+].[Na+].[Na+]. The van der Waals surface area contributed by atoms with Crippen LogP contribution in [0.1, 0.15) is 1.43 Å². The third kappa shape index (κ3) is 99.4. The van der Waals surface area contributed by atoms with Gasteiger partial charge in [-0.05, 0) is 0 Å². The molecule has 0 aliphatic rings. The van der Waals surface area contributed by atoms with E-state index < -0.39 is 11.4 Å². The van der Waals surface area contributed by atoms with Crippen molar-refractivity contribution in [3.8, 4) is 0 Å². The van der Waals surface area contributed by atoms with Gasteiger partial charge in [0.1, 0.15) is 0 Å². The topological polar surface area (TPSA) is 126 Å². The van der Waals surface area contributed by atoms with E-state index in [9.17, 15) is 0 Å². The Morgan fingerprint density at radius 1 is 1.00 bits per heavy atom. The average molecular weight is 186 g/mol. The predicted molar refractivity (Wildman–Crippen MR) is 18.0 cm³/mol. The Morgan fingerprint density at radius 3 is 1.00 bits per heavy atom. The van der Waals surface area contributed by atoms with Crippen LogP contribution in [0.5, 0.6) is 0 Å². The van der Waals surface area contributed by atoms with Crippen molar-refractivity contribution in [3.63, 3.8) is 0 Å². The fraction of sp³-hybridized carbons (Fsp3) is 0. The summed E-state index contributed by atoms with van der Waals surface area (Å²) in [6, 6.07) is 0. The van der Waals surface area contributed by atoms with Crippen molar-refractivity contribution in [2.45, 2.75) is 0 Å². The number of hydrogen-bond donors (Lipinski definition) is 0. The maximum atomic E-state index is 8.44. The molecule has 0 bridgehead atoms. The van der Waals surface area contributed by atoms with Gasteiger partial charge in [0.2, 0.25) is 0 Å². The van der Waals surface area contributed by atoms with Gasteiger partial charge < -0.3 is 21.5 Å². The molecule has 0 aromatic carbocycles. The molecule has 0 atom stereocenters. The molecule has 0 fully saturated rings. The first-order chi connectivity index (χ1) is 1.73. The average Bonchev–Trinajstić information content (AvgIpc) is 0.811. The molecule has 0 spiro atoms. The van der Waals surface area contributed by atoms with E-state index >= 15 is 0 Å². The van der Waals surface area contributed by atoms with Gasteiger partial charge in [-0.3, -0.25) is 4.21 Å². The molecule has 9 heteroatoms. The maximum absolute atomic E-state index is 8.44. The Labute approximate surface area is 123 Å². The molecule has 0 amide bonds. The van der Waals surface area contributed by atoms with Crippen LogP contribution in [0, 0.1) is 0 Å². The Bertz CT molecular complexity index is 39.9. The molecule has 0 rings (SSSR count). The smallest absolute Gasteiger partial charge is 1.00 e. The van der Waals surface area contributed by atoms with Crippen LogP contribution < -0.4 is 88.7 Å². The van der Waals surface area contributed by atoms with Gasteiger partial charge in [-0.2, -0.15) is 0 Å². The van der Waals surface area contributed by atoms with Gasteiger partial charge in [0, 0.05) is 0 Å². The maximum Gasteiger partial charge on any atom is 1.00 e. The second-order valence-electron chi connectivity index (χ2n) is 0.204. The fourth-order valence-electron chi connectivity index (χ4n) is 0. The fourth-order valence-corrected chi connectivity index (χ4v) is 0. The van der Waals surface area contributed by atoms with E-state index in [2.05, 4.69) is 0 Å². The van der Waals surface area contributed by atoms with Crippen molar-refractivity contribution in [1.29, 1.82) is 0 Å². The van der Waals surface area contributed by atoms with Crippen molar-refractivity contribution in [1.82, 2.24) is 0 Å². The summed E-state index contributed by atoms with van der Waals surface area (Å²) >= 11 is -3.11. The summed E-state index contributed by atoms with van der Waals surface area (Å²) in [5.41, 5.74) is 0. The molecule has 0 heterocycles. The third-order valence-corrected chi connectivity index (χ3v) is 0. The first-order valence-corrected chi connectivity index (χ1v) is 1.50. The van der Waals surface area contributed by atoms with Crippen LogP contribution in [-0.4, -0.2) is 24.3 Å². The minimum atomic E-state index is -3.11. The van der Waals surface area contributed by atoms with Crippen LogP contribution in [0.4, 0.5) is 0 Å². The molecule has 9 heavy (non-hydrogen) atoms. The molecular formula is H5Na3O5S. The molecule has 0 aromatic rings. The van der Waals surface area contributed by atoms with E-state index in [1.807, 2.05) is 0 Å². The van der Waals surface area contributed by atoms with Crippen molar-refractivity contribution in [2.24, 2.45) is 0 Å². The molecule has 0 radical (unpaired) electrons. The molecule has 0 saturated carbocycles. The summed E-state index contributed by atoms with van der Waals surface area (Å²) in [4.78, 5) is 0. The second kappa shape index (κ2) is 30.6. The molecule has 0 aliphatic heterocycles. The standard InChI is InChI=1S/3Na.H2O3S.2H2O.H/c;;;1-4(2)3;;;/h;;;(H2,1,2,3);2*1H2;/q3*+1;;;;-1/p-2. The van der Waals surface area contributed by atoms with Crippen LogP contribution in [0.2, 0.25) is 0 Å². The largest absolute Gasteiger partial charge is 1.00 e. The summed E-state index contributed by atoms with van der Waals surface area (Å²) in [6.45, 7) is 0. The Balaban J connectivity index is -0.00000000300. The summed E-state index contributed by atoms with van der Waals surface area (Å²) in [5, 5.41) is 0. The first kappa shape index (κ1) is 40.4. The van der Waals surface area contributed by atoms with Gasteiger partial charge in [0.05, 0.1) is 0 Å². The minimum Gasteiger partial charge on any atom is -1.00 e. The van der Waals surface area contributed by atoms with Gasteiger partial charge in [-0.25, -0.2) is 0 Å². The van der Waals surface area contributed by atoms with Crippen LogP contribution in [0.3, 0.4) is 0 Å². The number of rotatable bonds is 0. The van der Waals surface area contributed by atoms with Gasteiger partial charge in [-0.15, -0.1) is 11.4 Å². The zero-order chi connectivity index (χ0) is 3.58. The van der Waals surface area contributed by atoms with Gasteiger partial charge in [0.15, 0.2) is 0 Å². The van der Waals surface area contributed by atoms with Crippen molar-refractivity contribution < 1.29 is 114 Å². The summed E-state index contributed by atoms with van der Waals surface area (Å²) in [6.07, 6.45) is 0. The van der Waals surface area contributed by atoms with E-state index in [0.717, 1.165) is 0 Å². The quantitative estimate of drug-likeness (QED) is 0.275. The zero-order valence-corrected chi connectivity index (χ0v) is 12.4. The predicted octanol–water partition coefficient (Wildman–Crippen LogP) is -11.5. The summed E-state index contributed by atoms with van der Waals surface area (Å²) < 4.78 is 25.3. The van der Waals surface area contributed by atoms with E-state index in [0.29, 0.717) is 0 Å². The molecular weight excluding hydrogens is 181 g/mol. The molecule has 0 saturated heterocycles. The Morgan fingerprint density at radius 2 is 1.00 bits per heavy atom. The Hall–Kier alpha value is 2.99. The van der Waals surface area contributed by atoms with E-state index in [1.54, 1.807) is 0 Å². The van der Waals surface area contributed by atoms with Crippen LogP contribution in [-0.2, 0) is 11.4 Å². The summed E-state index contributed by atoms with van der Waals surface area (Å²) in [5.74, 6) is 0.